The van der Waals surface area contributed by atoms with Crippen LogP contribution in [0.5, 0.6) is 0 Å². The maximum atomic E-state index is 13.7. The third-order valence-electron chi connectivity index (χ3n) is 6.15. The standard InChI is InChI=1S/C27H24N4OS/c32-26(31-25-3-1-2-20(16-25)4-5-21-10-15-33-19-21)27(11-13-28-14-12-27)24-8-6-22(7-9-24)23-17-29-30-18-23/h1-3,6-10,15-19,28H,11-14H2,(H,29,30)(H,31,32). The van der Waals surface area contributed by atoms with Gasteiger partial charge in [-0.25, -0.2) is 0 Å². The molecule has 0 saturated carbocycles. The van der Waals surface area contributed by atoms with E-state index in [-0.39, 0.29) is 5.91 Å². The van der Waals surface area contributed by atoms with Gasteiger partial charge < -0.3 is 10.6 Å². The Hall–Kier alpha value is -3.66. The van der Waals surface area contributed by atoms with E-state index < -0.39 is 5.41 Å². The van der Waals surface area contributed by atoms with Crippen LogP contribution in [-0.2, 0) is 10.2 Å². The van der Waals surface area contributed by atoms with Gasteiger partial charge in [-0.15, -0.1) is 0 Å². The summed E-state index contributed by atoms with van der Waals surface area (Å²) in [7, 11) is 0. The summed E-state index contributed by atoms with van der Waals surface area (Å²) < 4.78 is 0. The van der Waals surface area contributed by atoms with E-state index in [0.717, 1.165) is 59.4 Å². The average molecular weight is 453 g/mol. The van der Waals surface area contributed by atoms with Crippen molar-refractivity contribution in [1.82, 2.24) is 15.5 Å². The summed E-state index contributed by atoms with van der Waals surface area (Å²) >= 11 is 1.63. The molecule has 1 saturated heterocycles. The monoisotopic (exact) mass is 452 g/mol. The Morgan fingerprint density at radius 2 is 1.82 bits per heavy atom. The van der Waals surface area contributed by atoms with Gasteiger partial charge in [0, 0.05) is 34.0 Å². The molecule has 2 aromatic heterocycles. The van der Waals surface area contributed by atoms with Crippen molar-refractivity contribution in [3.63, 3.8) is 0 Å². The van der Waals surface area contributed by atoms with Crippen LogP contribution in [0.1, 0.15) is 29.5 Å². The summed E-state index contributed by atoms with van der Waals surface area (Å²) in [6.07, 6.45) is 5.18. The number of hydrogen-bond acceptors (Lipinski definition) is 4. The molecule has 1 aliphatic heterocycles. The number of hydrogen-bond donors (Lipinski definition) is 3. The second-order valence-corrected chi connectivity index (χ2v) is 8.97. The predicted octanol–water partition coefficient (Wildman–Crippen LogP) is 4.80. The smallest absolute Gasteiger partial charge is 0.235 e. The van der Waals surface area contributed by atoms with E-state index in [2.05, 4.69) is 56.9 Å². The Morgan fingerprint density at radius 1 is 1.00 bits per heavy atom. The highest BCUT2D eigenvalue weighted by molar-refractivity contribution is 7.08. The average Bonchev–Trinajstić information content (AvgIpc) is 3.58. The molecule has 4 aromatic rings. The number of aromatic nitrogens is 2. The molecule has 5 nitrogen and oxygen atoms in total. The third-order valence-corrected chi connectivity index (χ3v) is 6.84. The van der Waals surface area contributed by atoms with Crippen molar-refractivity contribution in [2.75, 3.05) is 18.4 Å². The van der Waals surface area contributed by atoms with E-state index in [1.165, 1.54) is 0 Å². The van der Waals surface area contributed by atoms with E-state index in [9.17, 15) is 4.79 Å². The van der Waals surface area contributed by atoms with Crippen LogP contribution < -0.4 is 10.6 Å². The Bertz CT molecular complexity index is 1280. The molecular weight excluding hydrogens is 428 g/mol. The lowest BCUT2D eigenvalue weighted by atomic mass is 9.72. The Balaban J connectivity index is 1.39. The van der Waals surface area contributed by atoms with Gasteiger partial charge >= 0.3 is 0 Å². The minimum Gasteiger partial charge on any atom is -0.325 e. The number of nitrogens with one attached hydrogen (secondary N) is 3. The zero-order valence-corrected chi connectivity index (χ0v) is 18.9. The number of carbonyl (C=O) groups is 1. The number of anilines is 1. The van der Waals surface area contributed by atoms with Crippen LogP contribution in [0.4, 0.5) is 5.69 Å². The van der Waals surface area contributed by atoms with Gasteiger partial charge in [0.25, 0.3) is 0 Å². The second-order valence-electron chi connectivity index (χ2n) is 8.19. The van der Waals surface area contributed by atoms with E-state index in [0.29, 0.717) is 0 Å². The number of H-pyrrole nitrogens is 1. The molecule has 0 radical (unpaired) electrons. The number of nitrogens with zero attached hydrogens (tertiary/aromatic N) is 1. The SMILES string of the molecule is O=C(Nc1cccc(C#Cc2ccsc2)c1)C1(c2ccc(-c3cn[nH]c3)cc2)CCNCC1. The van der Waals surface area contributed by atoms with Crippen molar-refractivity contribution in [2.45, 2.75) is 18.3 Å². The number of rotatable bonds is 4. The molecule has 0 aliphatic carbocycles. The fourth-order valence-electron chi connectivity index (χ4n) is 4.30. The van der Waals surface area contributed by atoms with Gasteiger partial charge in [0.1, 0.15) is 0 Å². The molecule has 1 amide bonds. The van der Waals surface area contributed by atoms with Gasteiger partial charge in [0.05, 0.1) is 11.6 Å². The maximum Gasteiger partial charge on any atom is 0.235 e. The third kappa shape index (κ3) is 4.61. The molecule has 33 heavy (non-hydrogen) atoms. The molecule has 3 heterocycles. The van der Waals surface area contributed by atoms with Crippen molar-refractivity contribution in [3.05, 3.63) is 94.4 Å². The lowest BCUT2D eigenvalue weighted by Crippen LogP contribution is -2.48. The summed E-state index contributed by atoms with van der Waals surface area (Å²) in [5.41, 5.74) is 5.23. The Morgan fingerprint density at radius 3 is 2.55 bits per heavy atom. The molecule has 0 atom stereocenters. The molecule has 164 valence electrons. The largest absolute Gasteiger partial charge is 0.325 e. The van der Waals surface area contributed by atoms with Crippen LogP contribution >= 0.6 is 11.3 Å². The number of benzene rings is 2. The molecule has 0 bridgehead atoms. The summed E-state index contributed by atoms with van der Waals surface area (Å²) in [6, 6.07) is 18.0. The van der Waals surface area contributed by atoms with E-state index >= 15 is 0 Å². The highest BCUT2D eigenvalue weighted by Crippen LogP contribution is 2.36. The summed E-state index contributed by atoms with van der Waals surface area (Å²) in [6.45, 7) is 1.62. The van der Waals surface area contributed by atoms with Crippen LogP contribution in [0.2, 0.25) is 0 Å². The van der Waals surface area contributed by atoms with Crippen LogP contribution in [0.25, 0.3) is 11.1 Å². The van der Waals surface area contributed by atoms with Gasteiger partial charge in [-0.05, 0) is 66.7 Å². The second kappa shape index (κ2) is 9.45. The number of thiophene rings is 1. The number of amides is 1. The molecule has 6 heteroatoms. The molecular formula is C27H24N4OS. The van der Waals surface area contributed by atoms with Crippen LogP contribution in [0.3, 0.4) is 0 Å². The van der Waals surface area contributed by atoms with Gasteiger partial charge in [0.15, 0.2) is 0 Å². The Labute approximate surface area is 197 Å². The van der Waals surface area contributed by atoms with E-state index in [1.54, 1.807) is 17.5 Å². The molecule has 2 aromatic carbocycles. The van der Waals surface area contributed by atoms with Gasteiger partial charge in [0.2, 0.25) is 5.91 Å². The van der Waals surface area contributed by atoms with Gasteiger partial charge in [-0.2, -0.15) is 16.4 Å². The number of carbonyl (C=O) groups excluding carboxylic acids is 1. The highest BCUT2D eigenvalue weighted by Gasteiger charge is 2.41. The van der Waals surface area contributed by atoms with Crippen molar-refractivity contribution in [2.24, 2.45) is 0 Å². The zero-order chi connectivity index (χ0) is 22.5. The van der Waals surface area contributed by atoms with Crippen molar-refractivity contribution >= 4 is 22.9 Å². The molecule has 5 rings (SSSR count). The minimum atomic E-state index is -0.571. The zero-order valence-electron chi connectivity index (χ0n) is 18.1. The number of aromatic amines is 1. The van der Waals surface area contributed by atoms with Gasteiger partial charge in [-0.1, -0.05) is 42.2 Å². The fraction of sp³-hybridized carbons (Fsp3) is 0.185. The quantitative estimate of drug-likeness (QED) is 0.390. The first-order chi connectivity index (χ1) is 16.2. The van der Waals surface area contributed by atoms with Crippen molar-refractivity contribution in [1.29, 1.82) is 0 Å². The lowest BCUT2D eigenvalue weighted by molar-refractivity contribution is -0.122. The molecule has 1 aliphatic rings. The lowest BCUT2D eigenvalue weighted by Gasteiger charge is -2.37. The van der Waals surface area contributed by atoms with E-state index in [1.807, 2.05) is 47.3 Å². The topological polar surface area (TPSA) is 69.8 Å². The van der Waals surface area contributed by atoms with Crippen LogP contribution in [-0.4, -0.2) is 29.2 Å². The predicted molar refractivity (Wildman–Crippen MR) is 133 cm³/mol. The summed E-state index contributed by atoms with van der Waals surface area (Å²) in [5.74, 6) is 6.39. The van der Waals surface area contributed by atoms with Crippen LogP contribution in [0.15, 0.2) is 77.8 Å². The normalized spacial score (nSPS) is 14.8. The number of piperidine rings is 1. The fourth-order valence-corrected chi connectivity index (χ4v) is 4.88. The van der Waals surface area contributed by atoms with E-state index in [4.69, 9.17) is 0 Å². The highest BCUT2D eigenvalue weighted by atomic mass is 32.1. The first-order valence-electron chi connectivity index (χ1n) is 11.0. The Kier molecular flexibility index (Phi) is 6.07. The van der Waals surface area contributed by atoms with Crippen LogP contribution in [0, 0.1) is 11.8 Å². The summed E-state index contributed by atoms with van der Waals surface area (Å²) in [5, 5.41) is 17.5. The summed E-state index contributed by atoms with van der Waals surface area (Å²) in [4.78, 5) is 13.7. The first kappa shape index (κ1) is 21.2. The molecule has 0 unspecified atom stereocenters. The molecule has 1 fully saturated rings. The van der Waals surface area contributed by atoms with Gasteiger partial charge in [-0.3, -0.25) is 9.89 Å². The molecule has 0 spiro atoms. The van der Waals surface area contributed by atoms with Crippen molar-refractivity contribution in [3.8, 4) is 23.0 Å². The maximum absolute atomic E-state index is 13.7. The molecule has 3 N–H and O–H groups in total. The van der Waals surface area contributed by atoms with Crippen molar-refractivity contribution < 1.29 is 4.79 Å². The minimum absolute atomic E-state index is 0.0306. The first-order valence-corrected chi connectivity index (χ1v) is 11.9.